The van der Waals surface area contributed by atoms with Gasteiger partial charge in [0.25, 0.3) is 0 Å². The molecule has 0 aliphatic carbocycles. The van der Waals surface area contributed by atoms with Gasteiger partial charge in [-0.25, -0.2) is 4.98 Å². The van der Waals surface area contributed by atoms with Crippen molar-refractivity contribution in [2.75, 3.05) is 62.3 Å². The average molecular weight is 421 g/mol. The minimum absolute atomic E-state index is 0.188. The van der Waals surface area contributed by atoms with Gasteiger partial charge in [0.1, 0.15) is 5.82 Å². The van der Waals surface area contributed by atoms with Crippen LogP contribution in [0.5, 0.6) is 0 Å². The summed E-state index contributed by atoms with van der Waals surface area (Å²) in [5.74, 6) is 1.88. The first-order valence-corrected chi connectivity index (χ1v) is 10.9. The number of rotatable bonds is 4. The van der Waals surface area contributed by atoms with Crippen LogP contribution in [-0.2, 0) is 23.0 Å². The van der Waals surface area contributed by atoms with Crippen LogP contribution in [0.25, 0.3) is 10.9 Å². The standard InChI is InChI=1S/C23H28N6O2/c1-26-17-18(19-4-2-3-5-20(19)26)16-22(30)28-10-8-27(9-11-28)21-6-7-24-23(25-21)29-12-14-31-15-13-29/h2-7,17H,8-16H2,1H3. The Morgan fingerprint density at radius 3 is 2.58 bits per heavy atom. The molecular weight excluding hydrogens is 392 g/mol. The van der Waals surface area contributed by atoms with Crippen molar-refractivity contribution in [1.29, 1.82) is 0 Å². The Bertz CT molecular complexity index is 1070. The normalized spacial score (nSPS) is 17.4. The lowest BCUT2D eigenvalue weighted by Gasteiger charge is -2.36. The summed E-state index contributed by atoms with van der Waals surface area (Å²) in [5, 5.41) is 1.16. The van der Waals surface area contributed by atoms with Crippen LogP contribution < -0.4 is 9.80 Å². The van der Waals surface area contributed by atoms with Crippen molar-refractivity contribution in [2.24, 2.45) is 7.05 Å². The number of carbonyl (C=O) groups is 1. The molecule has 5 rings (SSSR count). The van der Waals surface area contributed by atoms with Crippen molar-refractivity contribution in [3.63, 3.8) is 0 Å². The number of para-hydroxylation sites is 1. The fraction of sp³-hybridized carbons (Fsp3) is 0.435. The van der Waals surface area contributed by atoms with Crippen LogP contribution in [0.15, 0.2) is 42.7 Å². The number of morpholine rings is 1. The number of ether oxygens (including phenoxy) is 1. The first kappa shape index (κ1) is 19.8. The number of aromatic nitrogens is 3. The summed E-state index contributed by atoms with van der Waals surface area (Å²) < 4.78 is 7.52. The molecule has 8 nitrogen and oxygen atoms in total. The lowest BCUT2D eigenvalue weighted by atomic mass is 10.1. The molecule has 162 valence electrons. The molecular formula is C23H28N6O2. The highest BCUT2D eigenvalue weighted by Gasteiger charge is 2.24. The third kappa shape index (κ3) is 4.07. The van der Waals surface area contributed by atoms with Gasteiger partial charge in [-0.3, -0.25) is 4.79 Å². The Labute approximate surface area is 182 Å². The maximum absolute atomic E-state index is 13.0. The lowest BCUT2D eigenvalue weighted by molar-refractivity contribution is -0.130. The topological polar surface area (TPSA) is 66.7 Å². The van der Waals surface area contributed by atoms with Crippen LogP contribution >= 0.6 is 0 Å². The van der Waals surface area contributed by atoms with Crippen molar-refractivity contribution in [2.45, 2.75) is 6.42 Å². The Balaban J connectivity index is 1.22. The van der Waals surface area contributed by atoms with E-state index < -0.39 is 0 Å². The highest BCUT2D eigenvalue weighted by molar-refractivity contribution is 5.89. The van der Waals surface area contributed by atoms with Gasteiger partial charge in [0.2, 0.25) is 11.9 Å². The molecule has 0 saturated carbocycles. The van der Waals surface area contributed by atoms with Gasteiger partial charge in [-0.15, -0.1) is 0 Å². The fourth-order valence-corrected chi connectivity index (χ4v) is 4.46. The molecule has 0 radical (unpaired) electrons. The van der Waals surface area contributed by atoms with Crippen molar-refractivity contribution < 1.29 is 9.53 Å². The number of fused-ring (bicyclic) bond motifs is 1. The highest BCUT2D eigenvalue weighted by atomic mass is 16.5. The molecule has 3 aromatic rings. The van der Waals surface area contributed by atoms with Gasteiger partial charge in [0, 0.05) is 69.6 Å². The fourth-order valence-electron chi connectivity index (χ4n) is 4.46. The molecule has 0 atom stereocenters. The summed E-state index contributed by atoms with van der Waals surface area (Å²) in [5.41, 5.74) is 2.26. The van der Waals surface area contributed by atoms with Crippen LogP contribution in [0.2, 0.25) is 0 Å². The zero-order valence-corrected chi connectivity index (χ0v) is 17.9. The highest BCUT2D eigenvalue weighted by Crippen LogP contribution is 2.22. The van der Waals surface area contributed by atoms with Crippen molar-refractivity contribution in [3.8, 4) is 0 Å². The van der Waals surface area contributed by atoms with Gasteiger partial charge in [0.05, 0.1) is 19.6 Å². The van der Waals surface area contributed by atoms with E-state index in [-0.39, 0.29) is 5.91 Å². The monoisotopic (exact) mass is 420 g/mol. The SMILES string of the molecule is Cn1cc(CC(=O)N2CCN(c3ccnc(N4CCOCC4)n3)CC2)c2ccccc21. The van der Waals surface area contributed by atoms with E-state index >= 15 is 0 Å². The zero-order chi connectivity index (χ0) is 21.2. The van der Waals surface area contributed by atoms with Crippen molar-refractivity contribution in [1.82, 2.24) is 19.4 Å². The van der Waals surface area contributed by atoms with E-state index in [1.807, 2.05) is 36.3 Å². The molecule has 0 bridgehead atoms. The number of hydrogen-bond acceptors (Lipinski definition) is 6. The summed E-state index contributed by atoms with van der Waals surface area (Å²) in [4.78, 5) is 28.6. The van der Waals surface area contributed by atoms with E-state index in [9.17, 15) is 4.79 Å². The largest absolute Gasteiger partial charge is 0.378 e. The summed E-state index contributed by atoms with van der Waals surface area (Å²) in [6.45, 7) is 6.04. The van der Waals surface area contributed by atoms with E-state index in [1.54, 1.807) is 0 Å². The lowest BCUT2D eigenvalue weighted by Crippen LogP contribution is -2.49. The predicted octanol–water partition coefficient (Wildman–Crippen LogP) is 1.70. The number of aryl methyl sites for hydroxylation is 1. The predicted molar refractivity (Wildman–Crippen MR) is 120 cm³/mol. The molecule has 2 fully saturated rings. The van der Waals surface area contributed by atoms with E-state index in [1.165, 1.54) is 0 Å². The maximum atomic E-state index is 13.0. The number of amides is 1. The minimum atomic E-state index is 0.188. The second kappa shape index (κ2) is 8.55. The first-order valence-electron chi connectivity index (χ1n) is 10.9. The van der Waals surface area contributed by atoms with Gasteiger partial charge >= 0.3 is 0 Å². The van der Waals surface area contributed by atoms with Gasteiger partial charge in [0.15, 0.2) is 0 Å². The molecule has 1 amide bonds. The van der Waals surface area contributed by atoms with Gasteiger partial charge in [-0.05, 0) is 17.7 Å². The number of nitrogens with zero attached hydrogens (tertiary/aromatic N) is 6. The molecule has 0 unspecified atom stereocenters. The van der Waals surface area contributed by atoms with E-state index in [0.717, 1.165) is 54.4 Å². The number of piperazine rings is 1. The van der Waals surface area contributed by atoms with Gasteiger partial charge in [-0.2, -0.15) is 4.98 Å². The Hall–Kier alpha value is -3.13. The molecule has 8 heteroatoms. The zero-order valence-electron chi connectivity index (χ0n) is 17.9. The van der Waals surface area contributed by atoms with Crippen LogP contribution in [0, 0.1) is 0 Å². The smallest absolute Gasteiger partial charge is 0.227 e. The number of benzene rings is 1. The Morgan fingerprint density at radius 2 is 1.77 bits per heavy atom. The summed E-state index contributed by atoms with van der Waals surface area (Å²) >= 11 is 0. The van der Waals surface area contributed by atoms with Crippen LogP contribution in [0.3, 0.4) is 0 Å². The third-order valence-electron chi connectivity index (χ3n) is 6.20. The summed E-state index contributed by atoms with van der Waals surface area (Å²) in [7, 11) is 2.03. The first-order chi connectivity index (χ1) is 15.2. The molecule has 2 saturated heterocycles. The summed E-state index contributed by atoms with van der Waals surface area (Å²) in [6, 6.07) is 10.2. The minimum Gasteiger partial charge on any atom is -0.378 e. The Kier molecular flexibility index (Phi) is 5.46. The molecule has 2 aromatic heterocycles. The van der Waals surface area contributed by atoms with Crippen LogP contribution in [0.4, 0.5) is 11.8 Å². The molecule has 0 N–H and O–H groups in total. The number of anilines is 2. The van der Waals surface area contributed by atoms with Gasteiger partial charge < -0.3 is 24.0 Å². The number of hydrogen-bond donors (Lipinski definition) is 0. The molecule has 2 aliphatic rings. The quantitative estimate of drug-likeness (QED) is 0.640. The Morgan fingerprint density at radius 1 is 1.00 bits per heavy atom. The van der Waals surface area contributed by atoms with Crippen LogP contribution in [0.1, 0.15) is 5.56 Å². The van der Waals surface area contributed by atoms with Crippen LogP contribution in [-0.4, -0.2) is 77.8 Å². The van der Waals surface area contributed by atoms with E-state index in [4.69, 9.17) is 9.72 Å². The summed E-state index contributed by atoms with van der Waals surface area (Å²) in [6.07, 6.45) is 4.34. The number of carbonyl (C=O) groups excluding carboxylic acids is 1. The molecule has 31 heavy (non-hydrogen) atoms. The van der Waals surface area contributed by atoms with E-state index in [2.05, 4.69) is 37.7 Å². The third-order valence-corrected chi connectivity index (χ3v) is 6.20. The maximum Gasteiger partial charge on any atom is 0.227 e. The van der Waals surface area contributed by atoms with Crippen molar-refractivity contribution >= 4 is 28.6 Å². The van der Waals surface area contributed by atoms with E-state index in [0.29, 0.717) is 32.7 Å². The molecule has 1 aromatic carbocycles. The van der Waals surface area contributed by atoms with Crippen molar-refractivity contribution in [3.05, 3.63) is 48.3 Å². The van der Waals surface area contributed by atoms with Gasteiger partial charge in [-0.1, -0.05) is 18.2 Å². The second-order valence-corrected chi connectivity index (χ2v) is 8.14. The molecule has 0 spiro atoms. The average Bonchev–Trinajstić information content (AvgIpc) is 3.15. The second-order valence-electron chi connectivity index (χ2n) is 8.14. The molecule has 2 aliphatic heterocycles. The molecule has 4 heterocycles.